The topological polar surface area (TPSA) is 33.3 Å². The third kappa shape index (κ3) is 5.31. The van der Waals surface area contributed by atoms with Gasteiger partial charge in [0.15, 0.2) is 0 Å². The molecule has 0 atom stereocenters. The molecule has 1 aliphatic rings. The average Bonchev–Trinajstić information content (AvgIpc) is 2.41. The summed E-state index contributed by atoms with van der Waals surface area (Å²) in [7, 11) is 2.00. The third-order valence-corrected chi connectivity index (χ3v) is 3.73. The Balaban J connectivity index is 1.47. The Hall–Kier alpha value is -0.900. The number of benzene rings is 1. The molecule has 0 amide bonds. The van der Waals surface area contributed by atoms with Gasteiger partial charge in [0.25, 0.3) is 0 Å². The standard InChI is InChI=1S/C16H26N2O/c1-17-8-5-9-18-12-15-10-16(11-15)19-13-14-6-3-2-4-7-14/h2-4,6-7,15-18H,5,8-13H2,1H3. The Kier molecular flexibility index (Phi) is 6.34. The van der Waals surface area contributed by atoms with Crippen molar-refractivity contribution in [1.82, 2.24) is 10.6 Å². The van der Waals surface area contributed by atoms with E-state index in [4.69, 9.17) is 4.74 Å². The summed E-state index contributed by atoms with van der Waals surface area (Å²) in [6.07, 6.45) is 4.11. The van der Waals surface area contributed by atoms with Crippen molar-refractivity contribution in [2.24, 2.45) is 5.92 Å². The first kappa shape index (κ1) is 14.5. The van der Waals surface area contributed by atoms with Gasteiger partial charge in [0.1, 0.15) is 0 Å². The number of nitrogens with one attached hydrogen (secondary N) is 2. The minimum absolute atomic E-state index is 0.476. The van der Waals surface area contributed by atoms with Gasteiger partial charge in [0.05, 0.1) is 12.7 Å². The van der Waals surface area contributed by atoms with Crippen LogP contribution in [0.25, 0.3) is 0 Å². The second-order valence-corrected chi connectivity index (χ2v) is 5.42. The van der Waals surface area contributed by atoms with Crippen molar-refractivity contribution in [3.8, 4) is 0 Å². The lowest BCUT2D eigenvalue weighted by Gasteiger charge is -2.35. The zero-order valence-electron chi connectivity index (χ0n) is 11.9. The van der Waals surface area contributed by atoms with Crippen LogP contribution in [0.5, 0.6) is 0 Å². The van der Waals surface area contributed by atoms with E-state index in [0.717, 1.165) is 32.2 Å². The van der Waals surface area contributed by atoms with Crippen LogP contribution in [-0.2, 0) is 11.3 Å². The summed E-state index contributed by atoms with van der Waals surface area (Å²) < 4.78 is 5.90. The van der Waals surface area contributed by atoms with Crippen molar-refractivity contribution in [3.63, 3.8) is 0 Å². The molecule has 1 fully saturated rings. The van der Waals surface area contributed by atoms with Crippen molar-refractivity contribution in [3.05, 3.63) is 35.9 Å². The maximum Gasteiger partial charge on any atom is 0.0720 e. The highest BCUT2D eigenvalue weighted by Gasteiger charge is 2.29. The van der Waals surface area contributed by atoms with Gasteiger partial charge in [-0.15, -0.1) is 0 Å². The molecular weight excluding hydrogens is 236 g/mol. The highest BCUT2D eigenvalue weighted by molar-refractivity contribution is 5.13. The van der Waals surface area contributed by atoms with Gasteiger partial charge in [-0.05, 0) is 57.4 Å². The zero-order chi connectivity index (χ0) is 13.3. The molecule has 1 aromatic rings. The van der Waals surface area contributed by atoms with Crippen LogP contribution in [0.1, 0.15) is 24.8 Å². The van der Waals surface area contributed by atoms with Gasteiger partial charge < -0.3 is 15.4 Å². The Morgan fingerprint density at radius 1 is 1.16 bits per heavy atom. The average molecular weight is 262 g/mol. The van der Waals surface area contributed by atoms with Gasteiger partial charge in [0, 0.05) is 0 Å². The lowest BCUT2D eigenvalue weighted by molar-refractivity contribution is -0.0394. The highest BCUT2D eigenvalue weighted by Crippen LogP contribution is 2.30. The van der Waals surface area contributed by atoms with Crippen LogP contribution < -0.4 is 10.6 Å². The smallest absolute Gasteiger partial charge is 0.0720 e. The Bertz CT molecular complexity index is 336. The quantitative estimate of drug-likeness (QED) is 0.669. The Morgan fingerprint density at radius 3 is 2.68 bits per heavy atom. The fraction of sp³-hybridized carbons (Fsp3) is 0.625. The number of hydrogen-bond acceptors (Lipinski definition) is 3. The SMILES string of the molecule is CNCCCNCC1CC(OCc2ccccc2)C1. The first-order chi connectivity index (χ1) is 9.38. The number of hydrogen-bond donors (Lipinski definition) is 2. The molecule has 0 radical (unpaired) electrons. The molecular formula is C16H26N2O. The van der Waals surface area contributed by atoms with Crippen LogP contribution in [0.3, 0.4) is 0 Å². The van der Waals surface area contributed by atoms with Crippen LogP contribution in [0.2, 0.25) is 0 Å². The Labute approximate surface area is 116 Å². The fourth-order valence-corrected chi connectivity index (χ4v) is 2.46. The summed E-state index contributed by atoms with van der Waals surface area (Å²) in [5.74, 6) is 0.815. The molecule has 106 valence electrons. The lowest BCUT2D eigenvalue weighted by Crippen LogP contribution is -2.38. The van der Waals surface area contributed by atoms with Gasteiger partial charge in [-0.2, -0.15) is 0 Å². The molecule has 2 N–H and O–H groups in total. The molecule has 0 bridgehead atoms. The van der Waals surface area contributed by atoms with E-state index in [0.29, 0.717) is 6.10 Å². The summed E-state index contributed by atoms with van der Waals surface area (Å²) in [4.78, 5) is 0. The summed E-state index contributed by atoms with van der Waals surface area (Å²) in [6, 6.07) is 10.4. The number of rotatable bonds is 9. The lowest BCUT2D eigenvalue weighted by atomic mass is 9.82. The molecule has 3 heteroatoms. The summed E-state index contributed by atoms with van der Waals surface area (Å²) in [6.45, 7) is 4.12. The van der Waals surface area contributed by atoms with E-state index in [2.05, 4.69) is 34.9 Å². The Morgan fingerprint density at radius 2 is 1.95 bits per heavy atom. The second-order valence-electron chi connectivity index (χ2n) is 5.42. The van der Waals surface area contributed by atoms with Crippen LogP contribution in [0.4, 0.5) is 0 Å². The molecule has 0 heterocycles. The largest absolute Gasteiger partial charge is 0.374 e. The van der Waals surface area contributed by atoms with E-state index in [1.807, 2.05) is 13.1 Å². The van der Waals surface area contributed by atoms with Gasteiger partial charge in [-0.3, -0.25) is 0 Å². The predicted molar refractivity (Wildman–Crippen MR) is 79.2 cm³/mol. The fourth-order valence-electron chi connectivity index (χ4n) is 2.46. The van der Waals surface area contributed by atoms with Crippen LogP contribution in [0.15, 0.2) is 30.3 Å². The zero-order valence-corrected chi connectivity index (χ0v) is 11.9. The molecule has 0 aromatic heterocycles. The molecule has 19 heavy (non-hydrogen) atoms. The van der Waals surface area contributed by atoms with E-state index >= 15 is 0 Å². The van der Waals surface area contributed by atoms with Gasteiger partial charge in [0.2, 0.25) is 0 Å². The van der Waals surface area contributed by atoms with E-state index in [-0.39, 0.29) is 0 Å². The molecule has 3 nitrogen and oxygen atoms in total. The summed E-state index contributed by atoms with van der Waals surface area (Å²) in [5.41, 5.74) is 1.27. The van der Waals surface area contributed by atoms with Crippen molar-refractivity contribution in [2.45, 2.75) is 32.0 Å². The van der Waals surface area contributed by atoms with Gasteiger partial charge >= 0.3 is 0 Å². The van der Waals surface area contributed by atoms with Crippen molar-refractivity contribution >= 4 is 0 Å². The minimum atomic E-state index is 0.476. The number of ether oxygens (including phenoxy) is 1. The third-order valence-electron chi connectivity index (χ3n) is 3.73. The minimum Gasteiger partial charge on any atom is -0.374 e. The van der Waals surface area contributed by atoms with E-state index < -0.39 is 0 Å². The molecule has 1 aromatic carbocycles. The maximum atomic E-state index is 5.90. The molecule has 2 rings (SSSR count). The molecule has 0 spiro atoms. The van der Waals surface area contributed by atoms with E-state index in [9.17, 15) is 0 Å². The van der Waals surface area contributed by atoms with Crippen LogP contribution in [-0.4, -0.2) is 32.8 Å². The molecule has 0 aliphatic heterocycles. The van der Waals surface area contributed by atoms with Gasteiger partial charge in [-0.1, -0.05) is 30.3 Å². The molecule has 0 unspecified atom stereocenters. The maximum absolute atomic E-state index is 5.90. The normalized spacial score (nSPS) is 22.2. The van der Waals surface area contributed by atoms with E-state index in [1.165, 1.54) is 24.8 Å². The first-order valence-electron chi connectivity index (χ1n) is 7.39. The summed E-state index contributed by atoms with van der Waals surface area (Å²) in [5, 5.41) is 6.68. The van der Waals surface area contributed by atoms with Crippen LogP contribution in [0, 0.1) is 5.92 Å². The second kappa shape index (κ2) is 8.31. The monoisotopic (exact) mass is 262 g/mol. The summed E-state index contributed by atoms with van der Waals surface area (Å²) >= 11 is 0. The van der Waals surface area contributed by atoms with E-state index in [1.54, 1.807) is 0 Å². The van der Waals surface area contributed by atoms with Crippen molar-refractivity contribution in [1.29, 1.82) is 0 Å². The highest BCUT2D eigenvalue weighted by atomic mass is 16.5. The van der Waals surface area contributed by atoms with Crippen molar-refractivity contribution < 1.29 is 4.74 Å². The van der Waals surface area contributed by atoms with Crippen LogP contribution >= 0.6 is 0 Å². The van der Waals surface area contributed by atoms with Crippen molar-refractivity contribution in [2.75, 3.05) is 26.7 Å². The molecule has 1 saturated carbocycles. The molecule has 0 saturated heterocycles. The predicted octanol–water partition coefficient (Wildman–Crippen LogP) is 2.18. The van der Waals surface area contributed by atoms with Gasteiger partial charge in [-0.25, -0.2) is 0 Å². The molecule has 1 aliphatic carbocycles. The first-order valence-corrected chi connectivity index (χ1v) is 7.39.